The van der Waals surface area contributed by atoms with E-state index in [-0.39, 0.29) is 10.7 Å². The Labute approximate surface area is 110 Å². The van der Waals surface area contributed by atoms with Gasteiger partial charge < -0.3 is 9.64 Å². The molecule has 1 aromatic rings. The minimum atomic E-state index is -0.0183. The van der Waals surface area contributed by atoms with E-state index in [1.54, 1.807) is 19.5 Å². The van der Waals surface area contributed by atoms with Crippen LogP contribution in [0.2, 0.25) is 0 Å². The number of nitrogens with zero attached hydrogens (tertiary/aromatic N) is 3. The third-order valence-corrected chi connectivity index (χ3v) is 5.11. The largest absolute Gasteiger partial charge is 0.381 e. The summed E-state index contributed by atoms with van der Waals surface area (Å²) in [5.74, 6) is 1.01. The molecule has 96 valence electrons. The Hall–Kier alpha value is -1.14. The zero-order valence-corrected chi connectivity index (χ0v) is 11.0. The molecule has 0 unspecified atom stereocenters. The number of rotatable bonds is 2. The monoisotopic (exact) mass is 265 g/mol. The number of thioether (sulfide) groups is 1. The van der Waals surface area contributed by atoms with Gasteiger partial charge >= 0.3 is 0 Å². The maximum absolute atomic E-state index is 12.1. The minimum absolute atomic E-state index is 0.0183. The Morgan fingerprint density at radius 3 is 3.00 bits per heavy atom. The molecule has 0 bridgehead atoms. The molecule has 0 aliphatic carbocycles. The molecular weight excluding hydrogens is 250 g/mol. The van der Waals surface area contributed by atoms with Crippen LogP contribution >= 0.6 is 11.8 Å². The molecule has 3 rings (SSSR count). The van der Waals surface area contributed by atoms with Gasteiger partial charge in [-0.3, -0.25) is 9.78 Å². The van der Waals surface area contributed by atoms with Crippen LogP contribution < -0.4 is 0 Å². The van der Waals surface area contributed by atoms with Gasteiger partial charge in [-0.1, -0.05) is 0 Å². The van der Waals surface area contributed by atoms with E-state index >= 15 is 0 Å². The standard InChI is InChI=1S/C12H15N3O2S/c1-17-9-4-12(18-6-9)7-15(8-12)11(16)10-5-13-2-3-14-10/h2-3,5,9H,4,6-8H2,1H3/t9-/m1/s1. The van der Waals surface area contributed by atoms with Crippen molar-refractivity contribution in [2.45, 2.75) is 17.3 Å². The maximum atomic E-state index is 12.1. The highest BCUT2D eigenvalue weighted by Crippen LogP contribution is 2.46. The molecule has 18 heavy (non-hydrogen) atoms. The van der Waals surface area contributed by atoms with E-state index < -0.39 is 0 Å². The topological polar surface area (TPSA) is 55.3 Å². The number of ether oxygens (including phenoxy) is 1. The molecule has 3 heterocycles. The molecule has 2 fully saturated rings. The van der Waals surface area contributed by atoms with Crippen molar-refractivity contribution in [3.05, 3.63) is 24.3 Å². The lowest BCUT2D eigenvalue weighted by molar-refractivity contribution is 0.0446. The van der Waals surface area contributed by atoms with Crippen molar-refractivity contribution in [2.75, 3.05) is 26.0 Å². The zero-order chi connectivity index (χ0) is 12.6. The van der Waals surface area contributed by atoms with E-state index in [1.165, 1.54) is 6.20 Å². The Balaban J connectivity index is 1.61. The highest BCUT2D eigenvalue weighted by molar-refractivity contribution is 8.01. The predicted molar refractivity (Wildman–Crippen MR) is 68.5 cm³/mol. The van der Waals surface area contributed by atoms with Crippen molar-refractivity contribution in [1.29, 1.82) is 0 Å². The van der Waals surface area contributed by atoms with Gasteiger partial charge in [0.2, 0.25) is 0 Å². The Morgan fingerprint density at radius 1 is 1.56 bits per heavy atom. The average Bonchev–Trinajstić information content (AvgIpc) is 2.82. The first-order valence-electron chi connectivity index (χ1n) is 5.94. The number of aromatic nitrogens is 2. The van der Waals surface area contributed by atoms with Gasteiger partial charge in [0, 0.05) is 38.3 Å². The van der Waals surface area contributed by atoms with Crippen LogP contribution in [0.5, 0.6) is 0 Å². The fourth-order valence-corrected chi connectivity index (χ4v) is 4.13. The second kappa shape index (κ2) is 4.51. The molecule has 2 aliphatic rings. The first-order valence-corrected chi connectivity index (χ1v) is 6.93. The number of methoxy groups -OCH3 is 1. The molecule has 1 amide bonds. The van der Waals surface area contributed by atoms with Gasteiger partial charge in [0.1, 0.15) is 5.69 Å². The third-order valence-electron chi connectivity index (χ3n) is 3.54. The number of hydrogen-bond acceptors (Lipinski definition) is 5. The Bertz CT molecular complexity index is 448. The van der Waals surface area contributed by atoms with Gasteiger partial charge in [0.05, 0.1) is 17.0 Å². The van der Waals surface area contributed by atoms with E-state index in [1.807, 2.05) is 16.7 Å². The van der Waals surface area contributed by atoms with Crippen LogP contribution in [0, 0.1) is 0 Å². The number of amides is 1. The zero-order valence-electron chi connectivity index (χ0n) is 10.2. The molecule has 0 radical (unpaired) electrons. The first kappa shape index (κ1) is 11.9. The van der Waals surface area contributed by atoms with E-state index in [0.29, 0.717) is 11.8 Å². The fourth-order valence-electron chi connectivity index (χ4n) is 2.54. The second-order valence-electron chi connectivity index (χ2n) is 4.81. The van der Waals surface area contributed by atoms with Gasteiger partial charge in [-0.15, -0.1) is 11.8 Å². The molecule has 0 aromatic carbocycles. The molecule has 2 saturated heterocycles. The summed E-state index contributed by atoms with van der Waals surface area (Å²) in [7, 11) is 1.76. The summed E-state index contributed by atoms with van der Waals surface area (Å²) in [5, 5.41) is 0. The Morgan fingerprint density at radius 2 is 2.39 bits per heavy atom. The highest BCUT2D eigenvalue weighted by atomic mass is 32.2. The van der Waals surface area contributed by atoms with Crippen LogP contribution in [0.3, 0.4) is 0 Å². The molecule has 6 heteroatoms. The Kier molecular flexibility index (Phi) is 2.99. The van der Waals surface area contributed by atoms with Gasteiger partial charge in [0.25, 0.3) is 5.91 Å². The number of carbonyl (C=O) groups is 1. The molecule has 1 spiro atoms. The fraction of sp³-hybridized carbons (Fsp3) is 0.583. The molecule has 0 saturated carbocycles. The average molecular weight is 265 g/mol. The maximum Gasteiger partial charge on any atom is 0.274 e. The van der Waals surface area contributed by atoms with E-state index in [2.05, 4.69) is 9.97 Å². The van der Waals surface area contributed by atoms with Crippen LogP contribution in [0.1, 0.15) is 16.9 Å². The minimum Gasteiger partial charge on any atom is -0.381 e. The number of carbonyl (C=O) groups excluding carboxylic acids is 1. The van der Waals surface area contributed by atoms with Crippen LogP contribution in [-0.4, -0.2) is 57.6 Å². The molecule has 2 aliphatic heterocycles. The summed E-state index contributed by atoms with van der Waals surface area (Å²) in [6.07, 6.45) is 6.02. The van der Waals surface area contributed by atoms with Crippen molar-refractivity contribution in [3.8, 4) is 0 Å². The number of hydrogen-bond donors (Lipinski definition) is 0. The lowest BCUT2D eigenvalue weighted by Crippen LogP contribution is -2.60. The van der Waals surface area contributed by atoms with Crippen LogP contribution in [0.25, 0.3) is 0 Å². The lowest BCUT2D eigenvalue weighted by Gasteiger charge is -2.47. The van der Waals surface area contributed by atoms with Gasteiger partial charge in [-0.25, -0.2) is 4.98 Å². The summed E-state index contributed by atoms with van der Waals surface area (Å²) in [6, 6.07) is 0. The van der Waals surface area contributed by atoms with Gasteiger partial charge in [0.15, 0.2) is 0 Å². The molecule has 1 atom stereocenters. The predicted octanol–water partition coefficient (Wildman–Crippen LogP) is 0.823. The third kappa shape index (κ3) is 1.99. The first-order chi connectivity index (χ1) is 8.72. The summed E-state index contributed by atoms with van der Waals surface area (Å²) in [4.78, 5) is 21.9. The summed E-state index contributed by atoms with van der Waals surface area (Å²) in [6.45, 7) is 1.60. The SMILES string of the molecule is CO[C@H]1CSC2(C1)CN(C(=O)c1cnccn1)C2. The van der Waals surface area contributed by atoms with Crippen molar-refractivity contribution in [3.63, 3.8) is 0 Å². The van der Waals surface area contributed by atoms with Gasteiger partial charge in [-0.05, 0) is 6.42 Å². The summed E-state index contributed by atoms with van der Waals surface area (Å²) >= 11 is 1.93. The molecule has 5 nitrogen and oxygen atoms in total. The van der Waals surface area contributed by atoms with Crippen molar-refractivity contribution < 1.29 is 9.53 Å². The van der Waals surface area contributed by atoms with Crippen LogP contribution in [0.15, 0.2) is 18.6 Å². The molecule has 0 N–H and O–H groups in total. The van der Waals surface area contributed by atoms with Crippen molar-refractivity contribution >= 4 is 17.7 Å². The van der Waals surface area contributed by atoms with Crippen molar-refractivity contribution in [1.82, 2.24) is 14.9 Å². The molecule has 1 aromatic heterocycles. The summed E-state index contributed by atoms with van der Waals surface area (Å²) in [5.41, 5.74) is 0.429. The normalized spacial score (nSPS) is 25.2. The quantitative estimate of drug-likeness (QED) is 0.792. The van der Waals surface area contributed by atoms with E-state index in [4.69, 9.17) is 4.74 Å². The van der Waals surface area contributed by atoms with E-state index in [9.17, 15) is 4.79 Å². The number of likely N-dealkylation sites (tertiary alicyclic amines) is 1. The smallest absolute Gasteiger partial charge is 0.274 e. The van der Waals surface area contributed by atoms with Crippen molar-refractivity contribution in [2.24, 2.45) is 0 Å². The lowest BCUT2D eigenvalue weighted by atomic mass is 9.92. The molecular formula is C12H15N3O2S. The van der Waals surface area contributed by atoms with Gasteiger partial charge in [-0.2, -0.15) is 0 Å². The van der Waals surface area contributed by atoms with Crippen LogP contribution in [-0.2, 0) is 4.74 Å². The van der Waals surface area contributed by atoms with Crippen LogP contribution in [0.4, 0.5) is 0 Å². The van der Waals surface area contributed by atoms with E-state index in [0.717, 1.165) is 25.3 Å². The summed E-state index contributed by atoms with van der Waals surface area (Å²) < 4.78 is 5.60. The highest BCUT2D eigenvalue weighted by Gasteiger charge is 2.50. The second-order valence-corrected chi connectivity index (χ2v) is 6.30.